The van der Waals surface area contributed by atoms with E-state index in [0.717, 1.165) is 10.2 Å². The molecule has 0 saturated heterocycles. The maximum Gasteiger partial charge on any atom is 0.148 e. The number of hydrogen-bond acceptors (Lipinski definition) is 3. The van der Waals surface area contributed by atoms with Gasteiger partial charge in [0.2, 0.25) is 0 Å². The first-order valence-electron chi connectivity index (χ1n) is 8.03. The predicted octanol–water partition coefficient (Wildman–Crippen LogP) is 5.82. The molecule has 0 unspecified atom stereocenters. The summed E-state index contributed by atoms with van der Waals surface area (Å²) < 4.78 is 2.60. The average Bonchev–Trinajstić information content (AvgIpc) is 2.62. The molecule has 1 aromatic heterocycles. The van der Waals surface area contributed by atoms with E-state index in [1.165, 1.54) is 0 Å². The first kappa shape index (κ1) is 18.0. The minimum absolute atomic E-state index is 0.285. The highest BCUT2D eigenvalue weighted by Gasteiger charge is 2.16. The minimum atomic E-state index is 0.285. The zero-order valence-electron chi connectivity index (χ0n) is 13.9. The molecular weight excluding hydrogens is 447 g/mol. The molecular formula is C20H13BrCl2N4. The smallest absolute Gasteiger partial charge is 0.148 e. The molecule has 0 aliphatic heterocycles. The van der Waals surface area contributed by atoms with E-state index < -0.39 is 0 Å². The van der Waals surface area contributed by atoms with Crippen molar-refractivity contribution in [3.63, 3.8) is 0 Å². The highest BCUT2D eigenvalue weighted by molar-refractivity contribution is 9.10. The summed E-state index contributed by atoms with van der Waals surface area (Å²) in [7, 11) is 0. The van der Waals surface area contributed by atoms with Gasteiger partial charge in [-0.3, -0.25) is 9.98 Å². The summed E-state index contributed by atoms with van der Waals surface area (Å²) in [6.45, 7) is 0. The molecule has 0 aliphatic rings. The number of nitrogens with zero attached hydrogens (tertiary/aromatic N) is 2. The number of nitrogens with two attached hydrogens (primary N) is 1. The SMILES string of the molecule is N=c1c2ccc(Cl)cc2nc(-c2ccc(Cl)cc2N)n1-c1ccccc1Br. The van der Waals surface area contributed by atoms with Crippen molar-refractivity contribution in [2.24, 2.45) is 0 Å². The molecule has 27 heavy (non-hydrogen) atoms. The van der Waals surface area contributed by atoms with Gasteiger partial charge in [0.15, 0.2) is 0 Å². The average molecular weight is 460 g/mol. The normalized spacial score (nSPS) is 11.1. The van der Waals surface area contributed by atoms with Crippen LogP contribution in [0.25, 0.3) is 28.0 Å². The van der Waals surface area contributed by atoms with Crippen LogP contribution in [0.5, 0.6) is 0 Å². The molecule has 0 amide bonds. The molecule has 4 rings (SSSR count). The van der Waals surface area contributed by atoms with Gasteiger partial charge in [-0.1, -0.05) is 35.3 Å². The van der Waals surface area contributed by atoms with Gasteiger partial charge in [0.1, 0.15) is 11.3 Å². The zero-order chi connectivity index (χ0) is 19.1. The van der Waals surface area contributed by atoms with Gasteiger partial charge < -0.3 is 5.73 Å². The van der Waals surface area contributed by atoms with E-state index >= 15 is 0 Å². The van der Waals surface area contributed by atoms with Gasteiger partial charge in [0.05, 0.1) is 11.2 Å². The standard InChI is InChI=1S/C20H13BrCl2N4/c21-15-3-1-2-4-18(15)27-19(25)14-8-6-12(23)10-17(14)26-20(27)13-7-5-11(22)9-16(13)24/h1-10,25H,24H2. The molecule has 0 spiro atoms. The van der Waals surface area contributed by atoms with E-state index in [2.05, 4.69) is 15.9 Å². The number of anilines is 1. The Morgan fingerprint density at radius 2 is 1.67 bits per heavy atom. The third-order valence-electron chi connectivity index (χ3n) is 4.22. The van der Waals surface area contributed by atoms with Crippen LogP contribution in [0.4, 0.5) is 5.69 Å². The highest BCUT2D eigenvalue weighted by atomic mass is 79.9. The van der Waals surface area contributed by atoms with E-state index in [9.17, 15) is 0 Å². The molecule has 0 bridgehead atoms. The van der Waals surface area contributed by atoms with Crippen molar-refractivity contribution in [1.29, 1.82) is 5.41 Å². The molecule has 7 heteroatoms. The lowest BCUT2D eigenvalue weighted by atomic mass is 10.1. The lowest BCUT2D eigenvalue weighted by Gasteiger charge is -2.17. The molecule has 3 N–H and O–H groups in total. The van der Waals surface area contributed by atoms with Crippen molar-refractivity contribution < 1.29 is 0 Å². The molecule has 4 nitrogen and oxygen atoms in total. The Morgan fingerprint density at radius 1 is 0.963 bits per heavy atom. The van der Waals surface area contributed by atoms with Crippen molar-refractivity contribution >= 4 is 55.7 Å². The van der Waals surface area contributed by atoms with Crippen molar-refractivity contribution in [2.75, 3.05) is 5.73 Å². The number of rotatable bonds is 2. The van der Waals surface area contributed by atoms with E-state index in [1.54, 1.807) is 34.9 Å². The summed E-state index contributed by atoms with van der Waals surface area (Å²) in [4.78, 5) is 4.79. The van der Waals surface area contributed by atoms with E-state index in [4.69, 9.17) is 39.3 Å². The predicted molar refractivity (Wildman–Crippen MR) is 114 cm³/mol. The van der Waals surface area contributed by atoms with E-state index in [-0.39, 0.29) is 5.49 Å². The van der Waals surface area contributed by atoms with Crippen LogP contribution in [0.3, 0.4) is 0 Å². The molecule has 0 radical (unpaired) electrons. The van der Waals surface area contributed by atoms with Crippen molar-refractivity contribution in [2.45, 2.75) is 0 Å². The molecule has 134 valence electrons. The Kier molecular flexibility index (Phi) is 4.68. The first-order chi connectivity index (χ1) is 13.0. The Bertz CT molecular complexity index is 1250. The molecule has 0 aliphatic carbocycles. The third kappa shape index (κ3) is 3.23. The second kappa shape index (κ2) is 7.00. The van der Waals surface area contributed by atoms with Gasteiger partial charge in [-0.25, -0.2) is 4.98 Å². The monoisotopic (exact) mass is 458 g/mol. The Hall–Kier alpha value is -2.34. The van der Waals surface area contributed by atoms with Crippen molar-refractivity contribution in [1.82, 2.24) is 9.55 Å². The first-order valence-corrected chi connectivity index (χ1v) is 9.58. The van der Waals surface area contributed by atoms with Crippen molar-refractivity contribution in [3.8, 4) is 17.1 Å². The fourth-order valence-electron chi connectivity index (χ4n) is 2.97. The quantitative estimate of drug-likeness (QED) is 0.370. The summed E-state index contributed by atoms with van der Waals surface area (Å²) in [6, 6.07) is 18.2. The number of hydrogen-bond donors (Lipinski definition) is 2. The summed E-state index contributed by atoms with van der Waals surface area (Å²) in [5.74, 6) is 0.538. The number of nitrogens with one attached hydrogen (secondary N) is 1. The van der Waals surface area contributed by atoms with Crippen molar-refractivity contribution in [3.05, 3.63) is 80.7 Å². The Morgan fingerprint density at radius 3 is 2.41 bits per heavy atom. The van der Waals surface area contributed by atoms with E-state index in [1.807, 2.05) is 30.3 Å². The Balaban J connectivity index is 2.17. The lowest BCUT2D eigenvalue weighted by Crippen LogP contribution is -2.22. The highest BCUT2D eigenvalue weighted by Crippen LogP contribution is 2.31. The minimum Gasteiger partial charge on any atom is -0.398 e. The van der Waals surface area contributed by atoms with Gasteiger partial charge in [0.25, 0.3) is 0 Å². The molecule has 4 aromatic rings. The number of benzene rings is 3. The zero-order valence-corrected chi connectivity index (χ0v) is 17.0. The summed E-state index contributed by atoms with van der Waals surface area (Å²) in [5, 5.41) is 10.6. The van der Waals surface area contributed by atoms with Crippen LogP contribution in [0.2, 0.25) is 10.0 Å². The van der Waals surface area contributed by atoms with Crippen LogP contribution < -0.4 is 11.2 Å². The molecule has 0 fully saturated rings. The maximum atomic E-state index is 8.84. The molecule has 1 heterocycles. The summed E-state index contributed by atoms with van der Waals surface area (Å²) in [6.07, 6.45) is 0. The number of aromatic nitrogens is 2. The summed E-state index contributed by atoms with van der Waals surface area (Å²) in [5.41, 5.74) is 9.09. The van der Waals surface area contributed by atoms with Crippen LogP contribution in [-0.2, 0) is 0 Å². The van der Waals surface area contributed by atoms with Crippen LogP contribution in [0.1, 0.15) is 0 Å². The second-order valence-corrected chi connectivity index (χ2v) is 7.69. The largest absolute Gasteiger partial charge is 0.398 e. The number of para-hydroxylation sites is 1. The van der Waals surface area contributed by atoms with Crippen LogP contribution in [0, 0.1) is 5.41 Å². The fraction of sp³-hybridized carbons (Fsp3) is 0. The van der Waals surface area contributed by atoms with Gasteiger partial charge >= 0.3 is 0 Å². The lowest BCUT2D eigenvalue weighted by molar-refractivity contribution is 0.918. The van der Waals surface area contributed by atoms with Crippen LogP contribution in [-0.4, -0.2) is 9.55 Å². The fourth-order valence-corrected chi connectivity index (χ4v) is 3.78. The number of halogens is 3. The topological polar surface area (TPSA) is 67.7 Å². The van der Waals surface area contributed by atoms with Crippen LogP contribution in [0.15, 0.2) is 65.1 Å². The maximum absolute atomic E-state index is 8.84. The molecule has 3 aromatic carbocycles. The van der Waals surface area contributed by atoms with E-state index in [0.29, 0.717) is 38.0 Å². The summed E-state index contributed by atoms with van der Waals surface area (Å²) >= 11 is 15.8. The molecule has 0 atom stereocenters. The molecule has 0 saturated carbocycles. The van der Waals surface area contributed by atoms with Gasteiger partial charge in [-0.2, -0.15) is 0 Å². The van der Waals surface area contributed by atoms with Gasteiger partial charge in [-0.05, 0) is 64.5 Å². The van der Waals surface area contributed by atoms with Gasteiger partial charge in [0, 0.05) is 31.2 Å². The second-order valence-electron chi connectivity index (χ2n) is 5.96. The van der Waals surface area contributed by atoms with Crippen LogP contribution >= 0.6 is 39.1 Å². The number of nitrogen functional groups attached to an aromatic ring is 1. The third-order valence-corrected chi connectivity index (χ3v) is 5.37. The number of fused-ring (bicyclic) bond motifs is 1. The Labute approximate surface area is 173 Å². The van der Waals surface area contributed by atoms with Gasteiger partial charge in [-0.15, -0.1) is 0 Å².